The lowest BCUT2D eigenvalue weighted by Crippen LogP contribution is -2.56. The Hall–Kier alpha value is -2.95. The van der Waals surface area contributed by atoms with E-state index in [0.29, 0.717) is 13.1 Å². The highest BCUT2D eigenvalue weighted by Crippen LogP contribution is 2.46. The maximum absolute atomic E-state index is 13.4. The van der Waals surface area contributed by atoms with Crippen LogP contribution >= 0.6 is 0 Å². The van der Waals surface area contributed by atoms with Crippen LogP contribution in [0.5, 0.6) is 0 Å². The predicted octanol–water partition coefficient (Wildman–Crippen LogP) is 2.95. The molecule has 0 atom stereocenters. The number of amides is 1. The minimum absolute atomic E-state index is 0.0125. The van der Waals surface area contributed by atoms with Gasteiger partial charge in [-0.1, -0.05) is 84.9 Å². The zero-order chi connectivity index (χ0) is 20.1. The van der Waals surface area contributed by atoms with E-state index >= 15 is 0 Å². The van der Waals surface area contributed by atoms with Gasteiger partial charge in [-0.05, 0) is 28.7 Å². The Kier molecular flexibility index (Phi) is 5.74. The Morgan fingerprint density at radius 2 is 1.48 bits per heavy atom. The molecule has 2 N–H and O–H groups in total. The smallest absolute Gasteiger partial charge is 0.237 e. The second-order valence-electron chi connectivity index (χ2n) is 7.30. The molecule has 148 valence electrons. The summed E-state index contributed by atoms with van der Waals surface area (Å²) in [5.41, 5.74) is 3.89. The third-order valence-electron chi connectivity index (χ3n) is 5.67. The number of nitrogens with one attached hydrogen (secondary N) is 1. The molecule has 1 aliphatic rings. The Morgan fingerprint density at radius 3 is 2.10 bits per heavy atom. The van der Waals surface area contributed by atoms with Gasteiger partial charge in [0, 0.05) is 13.1 Å². The second-order valence-corrected chi connectivity index (χ2v) is 7.30. The molecule has 0 bridgehead atoms. The first-order valence-electron chi connectivity index (χ1n) is 10.1. The molecule has 0 unspecified atom stereocenters. The van der Waals surface area contributed by atoms with Gasteiger partial charge in [-0.2, -0.15) is 0 Å². The molecule has 0 saturated heterocycles. The predicted molar refractivity (Wildman–Crippen MR) is 115 cm³/mol. The highest BCUT2D eigenvalue weighted by atomic mass is 16.3. The average molecular weight is 386 g/mol. The maximum atomic E-state index is 13.4. The lowest BCUT2D eigenvalue weighted by molar-refractivity contribution is -0.134. The quantitative estimate of drug-likeness (QED) is 0.641. The summed E-state index contributed by atoms with van der Waals surface area (Å²) in [7, 11) is 0. The topological polar surface area (TPSA) is 52.6 Å². The molecule has 3 aromatic carbocycles. The molecule has 1 amide bonds. The van der Waals surface area contributed by atoms with Crippen LogP contribution in [0.1, 0.15) is 22.3 Å². The lowest BCUT2D eigenvalue weighted by atomic mass is 9.71. The van der Waals surface area contributed by atoms with Gasteiger partial charge >= 0.3 is 0 Å². The monoisotopic (exact) mass is 386 g/mol. The summed E-state index contributed by atoms with van der Waals surface area (Å²) >= 11 is 0. The van der Waals surface area contributed by atoms with Crippen molar-refractivity contribution in [3.05, 3.63) is 107 Å². The second kappa shape index (κ2) is 8.60. The van der Waals surface area contributed by atoms with Crippen molar-refractivity contribution in [3.63, 3.8) is 0 Å². The van der Waals surface area contributed by atoms with E-state index in [4.69, 9.17) is 5.11 Å². The van der Waals surface area contributed by atoms with Crippen molar-refractivity contribution in [2.75, 3.05) is 26.2 Å². The van der Waals surface area contributed by atoms with E-state index in [2.05, 4.69) is 53.8 Å². The molecule has 1 aliphatic heterocycles. The van der Waals surface area contributed by atoms with Crippen molar-refractivity contribution >= 4 is 5.91 Å². The molecule has 0 saturated carbocycles. The van der Waals surface area contributed by atoms with Crippen molar-refractivity contribution in [2.24, 2.45) is 0 Å². The van der Waals surface area contributed by atoms with Gasteiger partial charge in [0.2, 0.25) is 5.91 Å². The van der Waals surface area contributed by atoms with Crippen LogP contribution in [0.15, 0.2) is 84.9 Å². The van der Waals surface area contributed by atoms with E-state index in [0.717, 1.165) is 23.1 Å². The summed E-state index contributed by atoms with van der Waals surface area (Å²) in [5.74, 6) is 0.0284. The summed E-state index contributed by atoms with van der Waals surface area (Å²) in [4.78, 5) is 15.4. The van der Waals surface area contributed by atoms with E-state index in [1.165, 1.54) is 5.56 Å². The van der Waals surface area contributed by atoms with E-state index in [1.54, 1.807) is 0 Å². The van der Waals surface area contributed by atoms with E-state index in [9.17, 15) is 4.79 Å². The highest BCUT2D eigenvalue weighted by molar-refractivity contribution is 5.82. The van der Waals surface area contributed by atoms with Crippen molar-refractivity contribution in [3.8, 4) is 0 Å². The maximum Gasteiger partial charge on any atom is 0.237 e. The van der Waals surface area contributed by atoms with Gasteiger partial charge in [0.15, 0.2) is 0 Å². The van der Waals surface area contributed by atoms with Gasteiger partial charge in [-0.25, -0.2) is 0 Å². The van der Waals surface area contributed by atoms with E-state index in [-0.39, 0.29) is 19.1 Å². The summed E-state index contributed by atoms with van der Waals surface area (Å²) in [6.07, 6.45) is 0.823. The largest absolute Gasteiger partial charge is 0.395 e. The lowest BCUT2D eigenvalue weighted by Gasteiger charge is -2.49. The Labute approximate surface area is 171 Å². The number of hydrogen-bond acceptors (Lipinski definition) is 3. The Morgan fingerprint density at radius 1 is 0.897 bits per heavy atom. The van der Waals surface area contributed by atoms with Crippen LogP contribution < -0.4 is 5.32 Å². The molecule has 0 aliphatic carbocycles. The van der Waals surface area contributed by atoms with Crippen molar-refractivity contribution in [2.45, 2.75) is 12.0 Å². The van der Waals surface area contributed by atoms with Crippen LogP contribution in [-0.4, -0.2) is 42.2 Å². The summed E-state index contributed by atoms with van der Waals surface area (Å²) in [5, 5.41) is 12.1. The van der Waals surface area contributed by atoms with E-state index in [1.807, 2.05) is 41.3 Å². The average Bonchev–Trinajstić information content (AvgIpc) is 2.79. The molecule has 3 aromatic rings. The molecule has 0 fully saturated rings. The molecule has 0 radical (unpaired) electrons. The van der Waals surface area contributed by atoms with Gasteiger partial charge in [0.1, 0.15) is 5.54 Å². The van der Waals surface area contributed by atoms with Crippen LogP contribution in [0.4, 0.5) is 0 Å². The number of aliphatic hydroxyl groups is 1. The number of benzene rings is 3. The highest BCUT2D eigenvalue weighted by Gasteiger charge is 2.47. The van der Waals surface area contributed by atoms with Crippen molar-refractivity contribution in [1.82, 2.24) is 10.2 Å². The van der Waals surface area contributed by atoms with Crippen molar-refractivity contribution in [1.29, 1.82) is 0 Å². The van der Waals surface area contributed by atoms with Crippen LogP contribution in [0.25, 0.3) is 0 Å². The zero-order valence-electron chi connectivity index (χ0n) is 16.4. The number of nitrogens with zero attached hydrogens (tertiary/aromatic N) is 1. The van der Waals surface area contributed by atoms with Crippen LogP contribution in [0.2, 0.25) is 0 Å². The SMILES string of the molecule is O=C(CNCCO)N1CCc2ccccc2C1(c1ccccc1)c1ccccc1. The summed E-state index contributed by atoms with van der Waals surface area (Å²) in [6.45, 7) is 1.25. The molecular formula is C25H26N2O2. The first kappa shape index (κ1) is 19.4. The van der Waals surface area contributed by atoms with Crippen molar-refractivity contribution < 1.29 is 9.90 Å². The Balaban J connectivity index is 1.95. The van der Waals surface area contributed by atoms with Crippen LogP contribution in [0.3, 0.4) is 0 Å². The van der Waals surface area contributed by atoms with Gasteiger partial charge in [-0.15, -0.1) is 0 Å². The molecule has 0 aromatic heterocycles. The minimum Gasteiger partial charge on any atom is -0.395 e. The fourth-order valence-corrected chi connectivity index (χ4v) is 4.47. The van der Waals surface area contributed by atoms with Gasteiger partial charge < -0.3 is 15.3 Å². The zero-order valence-corrected chi connectivity index (χ0v) is 16.4. The summed E-state index contributed by atoms with van der Waals surface area (Å²) in [6, 6.07) is 29.0. The minimum atomic E-state index is -0.685. The van der Waals surface area contributed by atoms with Gasteiger partial charge in [-0.3, -0.25) is 4.79 Å². The number of fused-ring (bicyclic) bond motifs is 1. The number of carbonyl (C=O) groups excluding carboxylic acids is 1. The first-order valence-corrected chi connectivity index (χ1v) is 10.1. The number of carbonyl (C=O) groups is 1. The van der Waals surface area contributed by atoms with Gasteiger partial charge in [0.05, 0.1) is 13.2 Å². The fraction of sp³-hybridized carbons (Fsp3) is 0.240. The molecule has 1 heterocycles. The standard InChI is InChI=1S/C25H26N2O2/c28-18-16-26-19-24(29)27-17-15-20-9-7-8-14-23(20)25(27,21-10-3-1-4-11-21)22-12-5-2-6-13-22/h1-14,26,28H,15-19H2. The number of hydrogen-bond donors (Lipinski definition) is 2. The normalized spacial score (nSPS) is 15.0. The number of rotatable bonds is 6. The van der Waals surface area contributed by atoms with Crippen LogP contribution in [-0.2, 0) is 16.8 Å². The Bertz CT molecular complexity index is 917. The third kappa shape index (κ3) is 3.46. The molecular weight excluding hydrogens is 360 g/mol. The molecule has 4 rings (SSSR count). The van der Waals surface area contributed by atoms with Gasteiger partial charge in [0.25, 0.3) is 0 Å². The van der Waals surface area contributed by atoms with Crippen LogP contribution in [0, 0.1) is 0 Å². The molecule has 0 spiro atoms. The van der Waals surface area contributed by atoms with E-state index < -0.39 is 5.54 Å². The molecule has 4 nitrogen and oxygen atoms in total. The first-order chi connectivity index (χ1) is 14.3. The third-order valence-corrected chi connectivity index (χ3v) is 5.67. The molecule has 29 heavy (non-hydrogen) atoms. The fourth-order valence-electron chi connectivity index (χ4n) is 4.47. The summed E-state index contributed by atoms with van der Waals surface area (Å²) < 4.78 is 0. The molecule has 4 heteroatoms. The number of aliphatic hydroxyl groups excluding tert-OH is 1.